The fraction of sp³-hybridized carbons (Fsp3) is 0. The minimum Gasteiger partial charge on any atom is -0.652 e. The number of carbonyl (C=O) groups is 1. The van der Waals surface area contributed by atoms with Gasteiger partial charge in [-0.05, 0) is 6.16 Å². The van der Waals surface area contributed by atoms with E-state index < -0.39 is 6.16 Å². The van der Waals surface area contributed by atoms with Crippen LogP contribution in [-0.4, -0.2) is 32.4 Å². The molecule has 0 aliphatic heterocycles. The summed E-state index contributed by atoms with van der Waals surface area (Å²) in [5.74, 6) is 0. The van der Waals surface area contributed by atoms with Gasteiger partial charge in [-0.15, -0.1) is 0 Å². The zero-order valence-corrected chi connectivity index (χ0v) is 6.06. The Bertz CT molecular complexity index is 30.5. The first-order chi connectivity index (χ1) is 1.73. The number of hydrogen-bond acceptors (Lipinski definition) is 3. The minimum absolute atomic E-state index is 0. The van der Waals surface area contributed by atoms with Crippen LogP contribution in [0, 0.1) is 0 Å². The van der Waals surface area contributed by atoms with E-state index in [4.69, 9.17) is 15.0 Å². The third-order valence-corrected chi connectivity index (χ3v) is 0. The van der Waals surface area contributed by atoms with E-state index in [1.165, 1.54) is 0 Å². The summed E-state index contributed by atoms with van der Waals surface area (Å²) in [5, 5.41) is 16.7. The molecule has 0 fully saturated rings. The van der Waals surface area contributed by atoms with E-state index in [-0.39, 0.29) is 31.7 Å². The van der Waals surface area contributed by atoms with Crippen LogP contribution in [0.25, 0.3) is 0 Å². The van der Waals surface area contributed by atoms with Crippen LogP contribution < -0.4 is 10.2 Å². The SMILES string of the molecule is O=C([O-])[O-].[Bi].[O]. The van der Waals surface area contributed by atoms with Gasteiger partial charge < -0.3 is 15.0 Å². The van der Waals surface area contributed by atoms with Crippen molar-refractivity contribution in [2.45, 2.75) is 0 Å². The van der Waals surface area contributed by atoms with Crippen molar-refractivity contribution in [3.63, 3.8) is 0 Å². The van der Waals surface area contributed by atoms with Gasteiger partial charge in [0.1, 0.15) is 0 Å². The molecule has 0 N–H and O–H groups in total. The third kappa shape index (κ3) is 3120. The molecule has 0 aromatic carbocycles. The monoisotopic (exact) mass is 285 g/mol. The van der Waals surface area contributed by atoms with Gasteiger partial charge in [-0.25, -0.2) is 0 Å². The summed E-state index contributed by atoms with van der Waals surface area (Å²) in [4.78, 5) is 8.33. The first-order valence-electron chi connectivity index (χ1n) is 0.612. The molecular formula is CBiO4-2. The molecule has 0 saturated heterocycles. The Kier molecular flexibility index (Phi) is 24.5. The van der Waals surface area contributed by atoms with Crippen LogP contribution in [0.5, 0.6) is 0 Å². The Labute approximate surface area is 53.2 Å². The molecule has 0 heterocycles. The van der Waals surface area contributed by atoms with Gasteiger partial charge in [0.25, 0.3) is 0 Å². The fourth-order valence-electron chi connectivity index (χ4n) is 0. The number of hydrogen-bond donors (Lipinski definition) is 0. The van der Waals surface area contributed by atoms with E-state index in [0.29, 0.717) is 0 Å². The zero-order chi connectivity index (χ0) is 3.58. The maximum absolute atomic E-state index is 8.33. The summed E-state index contributed by atoms with van der Waals surface area (Å²) in [6.07, 6.45) is -2.33. The molecule has 0 unspecified atom stereocenters. The predicted molar refractivity (Wildman–Crippen MR) is 11.8 cm³/mol. The van der Waals surface area contributed by atoms with Crippen LogP contribution in [0.1, 0.15) is 0 Å². The van der Waals surface area contributed by atoms with Crippen molar-refractivity contribution in [2.75, 3.05) is 0 Å². The van der Waals surface area contributed by atoms with Crippen molar-refractivity contribution in [1.82, 2.24) is 0 Å². The average Bonchev–Trinajstić information content (AvgIpc) is 0.811. The molecule has 35 valence electrons. The first-order valence-corrected chi connectivity index (χ1v) is 0.612. The summed E-state index contributed by atoms with van der Waals surface area (Å²) >= 11 is 0. The second-order valence-corrected chi connectivity index (χ2v) is 0.250. The van der Waals surface area contributed by atoms with Crippen LogP contribution in [0.2, 0.25) is 0 Å². The van der Waals surface area contributed by atoms with Gasteiger partial charge in [0.2, 0.25) is 0 Å². The van der Waals surface area contributed by atoms with Gasteiger partial charge in [0, 0.05) is 31.7 Å². The van der Waals surface area contributed by atoms with E-state index >= 15 is 0 Å². The van der Waals surface area contributed by atoms with Gasteiger partial charge in [0.05, 0.1) is 0 Å². The third-order valence-electron chi connectivity index (χ3n) is 0. The molecule has 0 aliphatic rings. The maximum Gasteiger partial charge on any atom is 0 e. The van der Waals surface area contributed by atoms with Gasteiger partial charge >= 0.3 is 0 Å². The second kappa shape index (κ2) is 8.93. The number of rotatable bonds is 0. The molecule has 6 heavy (non-hydrogen) atoms. The molecule has 0 atom stereocenters. The molecule has 0 aromatic heterocycles. The van der Waals surface area contributed by atoms with Gasteiger partial charge in [-0.3, -0.25) is 0 Å². The molecule has 0 spiro atoms. The Hall–Kier alpha value is 0.113. The average molecular weight is 285 g/mol. The molecule has 0 aromatic rings. The normalized spacial score (nSPS) is 4.00. The van der Waals surface area contributed by atoms with Crippen LogP contribution in [-0.2, 0) is 5.48 Å². The largest absolute Gasteiger partial charge is 0.652 e. The Morgan fingerprint density at radius 2 is 1.33 bits per heavy atom. The quantitative estimate of drug-likeness (QED) is 0.446. The summed E-state index contributed by atoms with van der Waals surface area (Å²) < 4.78 is 0. The van der Waals surface area contributed by atoms with Crippen molar-refractivity contribution < 1.29 is 20.5 Å². The molecule has 5 heteroatoms. The Balaban J connectivity index is -0.0000000450. The zero-order valence-electron chi connectivity index (χ0n) is 2.58. The number of carbonyl (C=O) groups excluding carboxylic acids is 1. The van der Waals surface area contributed by atoms with Crippen molar-refractivity contribution in [2.24, 2.45) is 0 Å². The molecule has 0 amide bonds. The molecule has 0 saturated carbocycles. The fourth-order valence-corrected chi connectivity index (χ4v) is 0. The second-order valence-electron chi connectivity index (χ2n) is 0.250. The predicted octanol–water partition coefficient (Wildman–Crippen LogP) is -2.95. The van der Waals surface area contributed by atoms with E-state index in [0.717, 1.165) is 0 Å². The van der Waals surface area contributed by atoms with Gasteiger partial charge in [-0.1, -0.05) is 0 Å². The topological polar surface area (TPSA) is 91.7 Å². The summed E-state index contributed by atoms with van der Waals surface area (Å²) in [5.41, 5.74) is 0. The standard InChI is InChI=1S/CH2O3.Bi.O/c2-1(3)4;;/h(H2,2,3,4);;/p-2. The molecule has 4 nitrogen and oxygen atoms in total. The Morgan fingerprint density at radius 3 is 1.33 bits per heavy atom. The van der Waals surface area contributed by atoms with E-state index in [1.807, 2.05) is 0 Å². The van der Waals surface area contributed by atoms with E-state index in [2.05, 4.69) is 0 Å². The maximum atomic E-state index is 8.33. The van der Waals surface area contributed by atoms with Crippen molar-refractivity contribution in [1.29, 1.82) is 0 Å². The Morgan fingerprint density at radius 1 is 1.33 bits per heavy atom. The van der Waals surface area contributed by atoms with Crippen LogP contribution in [0.4, 0.5) is 4.79 Å². The smallest absolute Gasteiger partial charge is 0 e. The van der Waals surface area contributed by atoms with E-state index in [9.17, 15) is 0 Å². The van der Waals surface area contributed by atoms with Crippen LogP contribution >= 0.6 is 0 Å². The summed E-state index contributed by atoms with van der Waals surface area (Å²) in [6, 6.07) is 0. The van der Waals surface area contributed by atoms with Crippen molar-refractivity contribution in [3.05, 3.63) is 0 Å². The summed E-state index contributed by atoms with van der Waals surface area (Å²) in [7, 11) is 0. The first kappa shape index (κ1) is 16.5. The summed E-state index contributed by atoms with van der Waals surface area (Å²) in [6.45, 7) is 0. The molecule has 0 rings (SSSR count). The van der Waals surface area contributed by atoms with Gasteiger partial charge in [0.15, 0.2) is 0 Å². The molecule has 0 bridgehead atoms. The van der Waals surface area contributed by atoms with Crippen molar-refractivity contribution in [3.8, 4) is 0 Å². The number of carboxylic acid groups (broad SMARTS) is 2. The molecule has 0 aliphatic carbocycles. The molecule has 5 radical (unpaired) electrons. The molecular weight excluding hydrogens is 285 g/mol. The minimum atomic E-state index is -2.33. The van der Waals surface area contributed by atoms with Crippen molar-refractivity contribution >= 4 is 32.4 Å². The van der Waals surface area contributed by atoms with Gasteiger partial charge in [-0.2, -0.15) is 0 Å². The van der Waals surface area contributed by atoms with Crippen LogP contribution in [0.15, 0.2) is 0 Å². The van der Waals surface area contributed by atoms with Crippen LogP contribution in [0.3, 0.4) is 0 Å². The van der Waals surface area contributed by atoms with E-state index in [1.54, 1.807) is 0 Å².